The standard InChI is InChI=1S/C14H22N2O3/c1-3-12-10-11(2)13(19-12)14(18)16-6-4-15(5-7-16)8-9-17/h10,17H,3-9H2,1-2H3. The molecule has 1 aromatic rings. The second kappa shape index (κ2) is 6.21. The molecule has 0 aromatic carbocycles. The molecule has 0 saturated carbocycles. The summed E-state index contributed by atoms with van der Waals surface area (Å²) >= 11 is 0. The largest absolute Gasteiger partial charge is 0.456 e. The summed E-state index contributed by atoms with van der Waals surface area (Å²) in [5.41, 5.74) is 0.916. The summed E-state index contributed by atoms with van der Waals surface area (Å²) in [6.07, 6.45) is 0.804. The van der Waals surface area contributed by atoms with Crippen LogP contribution in [0.3, 0.4) is 0 Å². The van der Waals surface area contributed by atoms with Gasteiger partial charge in [-0.3, -0.25) is 9.69 Å². The second-order valence-electron chi connectivity index (χ2n) is 4.94. The van der Waals surface area contributed by atoms with E-state index >= 15 is 0 Å². The van der Waals surface area contributed by atoms with Crippen molar-refractivity contribution in [3.8, 4) is 0 Å². The SMILES string of the molecule is CCc1cc(C)c(C(=O)N2CCN(CCO)CC2)o1. The minimum Gasteiger partial charge on any atom is -0.456 e. The van der Waals surface area contributed by atoms with Gasteiger partial charge in [0.1, 0.15) is 5.76 Å². The van der Waals surface area contributed by atoms with Crippen molar-refractivity contribution in [3.63, 3.8) is 0 Å². The van der Waals surface area contributed by atoms with Crippen LogP contribution in [0.25, 0.3) is 0 Å². The molecule has 0 aliphatic carbocycles. The molecule has 1 aromatic heterocycles. The molecule has 0 atom stereocenters. The molecule has 0 radical (unpaired) electrons. The molecule has 1 amide bonds. The highest BCUT2D eigenvalue weighted by Gasteiger charge is 2.25. The number of furan rings is 1. The molecule has 5 nitrogen and oxygen atoms in total. The molecule has 2 heterocycles. The summed E-state index contributed by atoms with van der Waals surface area (Å²) in [5, 5.41) is 8.90. The van der Waals surface area contributed by atoms with Gasteiger partial charge < -0.3 is 14.4 Å². The number of hydrogen-bond donors (Lipinski definition) is 1. The first-order valence-electron chi connectivity index (χ1n) is 6.87. The Morgan fingerprint density at radius 1 is 1.37 bits per heavy atom. The Morgan fingerprint density at radius 3 is 2.58 bits per heavy atom. The van der Waals surface area contributed by atoms with Gasteiger partial charge >= 0.3 is 0 Å². The van der Waals surface area contributed by atoms with Gasteiger partial charge in [0.05, 0.1) is 6.61 Å². The van der Waals surface area contributed by atoms with Crippen molar-refractivity contribution in [1.29, 1.82) is 0 Å². The molecular weight excluding hydrogens is 244 g/mol. The van der Waals surface area contributed by atoms with Gasteiger partial charge in [-0.2, -0.15) is 0 Å². The molecule has 0 spiro atoms. The number of carbonyl (C=O) groups excluding carboxylic acids is 1. The quantitative estimate of drug-likeness (QED) is 0.879. The molecule has 5 heteroatoms. The fourth-order valence-electron chi connectivity index (χ4n) is 2.39. The first-order chi connectivity index (χ1) is 9.15. The van der Waals surface area contributed by atoms with Crippen molar-refractivity contribution in [2.45, 2.75) is 20.3 Å². The van der Waals surface area contributed by atoms with Gasteiger partial charge in [-0.05, 0) is 13.0 Å². The van der Waals surface area contributed by atoms with Crippen molar-refractivity contribution < 1.29 is 14.3 Å². The maximum atomic E-state index is 12.4. The average Bonchev–Trinajstić information content (AvgIpc) is 2.80. The Hall–Kier alpha value is -1.33. The number of amides is 1. The van der Waals surface area contributed by atoms with Gasteiger partial charge in [-0.15, -0.1) is 0 Å². The van der Waals surface area contributed by atoms with E-state index in [0.717, 1.165) is 30.8 Å². The highest BCUT2D eigenvalue weighted by molar-refractivity contribution is 5.93. The monoisotopic (exact) mass is 266 g/mol. The van der Waals surface area contributed by atoms with Gasteiger partial charge in [-0.1, -0.05) is 6.92 Å². The summed E-state index contributed by atoms with van der Waals surface area (Å²) in [6, 6.07) is 1.94. The van der Waals surface area contributed by atoms with Crippen molar-refractivity contribution in [3.05, 3.63) is 23.2 Å². The molecular formula is C14H22N2O3. The van der Waals surface area contributed by atoms with Gasteiger partial charge in [0, 0.05) is 44.7 Å². The van der Waals surface area contributed by atoms with Crippen LogP contribution < -0.4 is 0 Å². The minimum absolute atomic E-state index is 0.0131. The number of aliphatic hydroxyl groups is 1. The van der Waals surface area contributed by atoms with Crippen LogP contribution in [0, 0.1) is 6.92 Å². The molecule has 1 fully saturated rings. The van der Waals surface area contributed by atoms with Gasteiger partial charge in [0.25, 0.3) is 5.91 Å². The summed E-state index contributed by atoms with van der Waals surface area (Å²) < 4.78 is 5.61. The fourth-order valence-corrected chi connectivity index (χ4v) is 2.39. The number of carbonyl (C=O) groups is 1. The molecule has 1 aliphatic rings. The Kier molecular flexibility index (Phi) is 4.61. The van der Waals surface area contributed by atoms with E-state index in [-0.39, 0.29) is 12.5 Å². The predicted octanol–water partition coefficient (Wildman–Crippen LogP) is 0.901. The van der Waals surface area contributed by atoms with E-state index in [1.165, 1.54) is 0 Å². The van der Waals surface area contributed by atoms with Crippen LogP contribution >= 0.6 is 0 Å². The molecule has 1 aliphatic heterocycles. The van der Waals surface area contributed by atoms with E-state index in [1.807, 2.05) is 24.8 Å². The lowest BCUT2D eigenvalue weighted by Crippen LogP contribution is -2.49. The van der Waals surface area contributed by atoms with E-state index in [1.54, 1.807) is 0 Å². The lowest BCUT2D eigenvalue weighted by molar-refractivity contribution is 0.0582. The Labute approximate surface area is 113 Å². The molecule has 2 rings (SSSR count). The molecule has 0 unspecified atom stereocenters. The van der Waals surface area contributed by atoms with E-state index in [9.17, 15) is 4.79 Å². The summed E-state index contributed by atoms with van der Waals surface area (Å²) in [5.74, 6) is 1.33. The highest BCUT2D eigenvalue weighted by atomic mass is 16.4. The van der Waals surface area contributed by atoms with Crippen LogP contribution in [0.15, 0.2) is 10.5 Å². The average molecular weight is 266 g/mol. The second-order valence-corrected chi connectivity index (χ2v) is 4.94. The zero-order chi connectivity index (χ0) is 13.8. The lowest BCUT2D eigenvalue weighted by atomic mass is 10.2. The Bertz CT molecular complexity index is 434. The van der Waals surface area contributed by atoms with Crippen LogP contribution in [0.4, 0.5) is 0 Å². The van der Waals surface area contributed by atoms with Crippen LogP contribution in [0.1, 0.15) is 28.8 Å². The van der Waals surface area contributed by atoms with E-state index in [4.69, 9.17) is 9.52 Å². The Balaban J connectivity index is 1.99. The highest BCUT2D eigenvalue weighted by Crippen LogP contribution is 2.18. The number of β-amino-alcohol motifs (C(OH)–C–C–N with tert-alkyl or cyclic N) is 1. The zero-order valence-corrected chi connectivity index (χ0v) is 11.7. The third-order valence-electron chi connectivity index (χ3n) is 3.59. The summed E-state index contributed by atoms with van der Waals surface area (Å²) in [4.78, 5) is 16.4. The third-order valence-corrected chi connectivity index (χ3v) is 3.59. The van der Waals surface area contributed by atoms with Crippen LogP contribution in [-0.4, -0.2) is 60.1 Å². The van der Waals surface area contributed by atoms with Crippen molar-refractivity contribution >= 4 is 5.91 Å². The zero-order valence-electron chi connectivity index (χ0n) is 11.7. The number of aliphatic hydroxyl groups excluding tert-OH is 1. The van der Waals surface area contributed by atoms with Crippen molar-refractivity contribution in [2.24, 2.45) is 0 Å². The van der Waals surface area contributed by atoms with Gasteiger partial charge in [0.15, 0.2) is 5.76 Å². The van der Waals surface area contributed by atoms with E-state index in [2.05, 4.69) is 4.90 Å². The molecule has 0 bridgehead atoms. The first-order valence-corrected chi connectivity index (χ1v) is 6.87. The van der Waals surface area contributed by atoms with Crippen LogP contribution in [-0.2, 0) is 6.42 Å². The van der Waals surface area contributed by atoms with E-state index < -0.39 is 0 Å². The van der Waals surface area contributed by atoms with Gasteiger partial charge in [0.2, 0.25) is 0 Å². The lowest BCUT2D eigenvalue weighted by Gasteiger charge is -2.33. The van der Waals surface area contributed by atoms with Crippen molar-refractivity contribution in [1.82, 2.24) is 9.80 Å². The molecule has 1 saturated heterocycles. The smallest absolute Gasteiger partial charge is 0.289 e. The maximum absolute atomic E-state index is 12.4. The third kappa shape index (κ3) is 3.16. The molecule has 19 heavy (non-hydrogen) atoms. The predicted molar refractivity (Wildman–Crippen MR) is 72.3 cm³/mol. The maximum Gasteiger partial charge on any atom is 0.289 e. The van der Waals surface area contributed by atoms with Gasteiger partial charge in [-0.25, -0.2) is 0 Å². The number of rotatable bonds is 4. The normalized spacial score (nSPS) is 16.9. The first kappa shape index (κ1) is 14.1. The summed E-state index contributed by atoms with van der Waals surface area (Å²) in [7, 11) is 0. The fraction of sp³-hybridized carbons (Fsp3) is 0.643. The molecule has 1 N–H and O–H groups in total. The topological polar surface area (TPSA) is 56.9 Å². The summed E-state index contributed by atoms with van der Waals surface area (Å²) in [6.45, 7) is 7.80. The Morgan fingerprint density at radius 2 is 2.05 bits per heavy atom. The number of nitrogens with zero attached hydrogens (tertiary/aromatic N) is 2. The van der Waals surface area contributed by atoms with E-state index in [0.29, 0.717) is 25.4 Å². The van der Waals surface area contributed by atoms with Crippen LogP contribution in [0.2, 0.25) is 0 Å². The number of aryl methyl sites for hydroxylation is 2. The number of piperazine rings is 1. The van der Waals surface area contributed by atoms with Crippen LogP contribution in [0.5, 0.6) is 0 Å². The minimum atomic E-state index is -0.0131. The van der Waals surface area contributed by atoms with Crippen molar-refractivity contribution in [2.75, 3.05) is 39.3 Å². The number of hydrogen-bond acceptors (Lipinski definition) is 4. The molecule has 106 valence electrons.